The van der Waals surface area contributed by atoms with Crippen molar-refractivity contribution in [2.75, 3.05) is 16.0 Å². The molecule has 0 aliphatic carbocycles. The highest BCUT2D eigenvalue weighted by Gasteiger charge is 2.49. The van der Waals surface area contributed by atoms with E-state index < -0.39 is 46.0 Å². The highest BCUT2D eigenvalue weighted by atomic mass is 32.2. The molecule has 2 amide bonds. The molecule has 2 aromatic carbocycles. The lowest BCUT2D eigenvalue weighted by molar-refractivity contribution is -0.157. The molecule has 1 aliphatic heterocycles. The van der Waals surface area contributed by atoms with Gasteiger partial charge >= 0.3 is 6.18 Å². The zero-order valence-corrected chi connectivity index (χ0v) is 15.1. The van der Waals surface area contributed by atoms with Crippen molar-refractivity contribution in [2.45, 2.75) is 23.5 Å². The van der Waals surface area contributed by atoms with Gasteiger partial charge in [-0.15, -0.1) is 0 Å². The van der Waals surface area contributed by atoms with Gasteiger partial charge in [-0.25, -0.2) is 8.42 Å². The van der Waals surface area contributed by atoms with Crippen LogP contribution in [0.4, 0.5) is 24.5 Å². The summed E-state index contributed by atoms with van der Waals surface area (Å²) in [6.45, 7) is 0. The molecule has 3 rings (SSSR count). The first-order valence-corrected chi connectivity index (χ1v) is 9.80. The number of sulfone groups is 1. The van der Waals surface area contributed by atoms with E-state index in [9.17, 15) is 31.2 Å². The normalized spacial score (nSPS) is 17.5. The molecule has 2 aromatic rings. The molecule has 0 saturated carbocycles. The van der Waals surface area contributed by atoms with E-state index in [0.29, 0.717) is 4.90 Å². The fourth-order valence-corrected chi connectivity index (χ4v) is 4.14. The Morgan fingerprint density at radius 3 is 2.32 bits per heavy atom. The molecule has 0 saturated heterocycles. The number of para-hydroxylation sites is 2. The van der Waals surface area contributed by atoms with Crippen molar-refractivity contribution < 1.29 is 31.2 Å². The minimum absolute atomic E-state index is 0.00436. The summed E-state index contributed by atoms with van der Waals surface area (Å²) in [7, 11) is -4.17. The van der Waals surface area contributed by atoms with Crippen molar-refractivity contribution in [1.82, 2.24) is 0 Å². The second-order valence-electron chi connectivity index (χ2n) is 6.16. The number of alkyl halides is 3. The maximum atomic E-state index is 13.6. The Labute approximate surface area is 158 Å². The molecule has 0 bridgehead atoms. The number of benzene rings is 2. The van der Waals surface area contributed by atoms with Crippen LogP contribution in [0.3, 0.4) is 0 Å². The number of halogens is 3. The largest absolute Gasteiger partial charge is 0.409 e. The van der Waals surface area contributed by atoms with Gasteiger partial charge in [0, 0.05) is 0 Å². The summed E-state index contributed by atoms with van der Waals surface area (Å²) < 4.78 is 65.9. The SMILES string of the molecule is O=C1CC(C(F)(F)F)N(C(=O)CS(=O)(=O)c2ccccc2)c2ccccc2N1. The molecule has 1 atom stereocenters. The summed E-state index contributed by atoms with van der Waals surface area (Å²) in [5.74, 6) is -3.35. The Morgan fingerprint density at radius 1 is 1.07 bits per heavy atom. The predicted molar refractivity (Wildman–Crippen MR) is 95.5 cm³/mol. The maximum Gasteiger partial charge on any atom is 0.409 e. The lowest BCUT2D eigenvalue weighted by Gasteiger charge is -2.31. The van der Waals surface area contributed by atoms with Crippen molar-refractivity contribution in [3.8, 4) is 0 Å². The number of amides is 2. The summed E-state index contributed by atoms with van der Waals surface area (Å²) in [6, 6.07) is 9.95. The van der Waals surface area contributed by atoms with Crippen LogP contribution < -0.4 is 10.2 Å². The van der Waals surface area contributed by atoms with Gasteiger partial charge in [-0.3, -0.25) is 14.5 Å². The Morgan fingerprint density at radius 2 is 1.68 bits per heavy atom. The van der Waals surface area contributed by atoms with Crippen molar-refractivity contribution >= 4 is 33.0 Å². The van der Waals surface area contributed by atoms with E-state index >= 15 is 0 Å². The molecule has 0 spiro atoms. The van der Waals surface area contributed by atoms with Gasteiger partial charge in [-0.1, -0.05) is 30.3 Å². The van der Waals surface area contributed by atoms with Gasteiger partial charge in [0.05, 0.1) is 22.7 Å². The number of hydrogen-bond donors (Lipinski definition) is 1. The van der Waals surface area contributed by atoms with E-state index in [-0.39, 0.29) is 16.3 Å². The molecule has 0 aromatic heterocycles. The van der Waals surface area contributed by atoms with Crippen molar-refractivity contribution in [1.29, 1.82) is 0 Å². The molecule has 1 N–H and O–H groups in total. The highest BCUT2D eigenvalue weighted by Crippen LogP contribution is 2.37. The van der Waals surface area contributed by atoms with E-state index in [1.807, 2.05) is 0 Å². The number of carbonyl (C=O) groups excluding carboxylic acids is 2. The van der Waals surface area contributed by atoms with Crippen LogP contribution >= 0.6 is 0 Å². The second kappa shape index (κ2) is 7.27. The van der Waals surface area contributed by atoms with Crippen LogP contribution in [-0.4, -0.2) is 38.2 Å². The zero-order valence-electron chi connectivity index (χ0n) is 14.3. The second-order valence-corrected chi connectivity index (χ2v) is 8.15. The van der Waals surface area contributed by atoms with E-state index in [4.69, 9.17) is 0 Å². The van der Waals surface area contributed by atoms with Crippen LogP contribution in [0.1, 0.15) is 6.42 Å². The van der Waals surface area contributed by atoms with Crippen molar-refractivity contribution in [3.05, 3.63) is 54.6 Å². The summed E-state index contributed by atoms with van der Waals surface area (Å²) in [5.41, 5.74) is -0.200. The van der Waals surface area contributed by atoms with Gasteiger partial charge in [0.15, 0.2) is 9.84 Å². The summed E-state index contributed by atoms with van der Waals surface area (Å²) in [6.07, 6.45) is -5.96. The van der Waals surface area contributed by atoms with Gasteiger partial charge in [-0.05, 0) is 24.3 Å². The minimum atomic E-state index is -4.93. The molecular weight excluding hydrogens is 397 g/mol. The number of nitrogens with one attached hydrogen (secondary N) is 1. The average molecular weight is 412 g/mol. The lowest BCUT2D eigenvalue weighted by Crippen LogP contribution is -2.51. The first-order chi connectivity index (χ1) is 13.1. The third-order valence-electron chi connectivity index (χ3n) is 4.19. The molecule has 0 fully saturated rings. The lowest BCUT2D eigenvalue weighted by atomic mass is 10.1. The van der Waals surface area contributed by atoms with Crippen LogP contribution in [-0.2, 0) is 19.4 Å². The molecule has 1 heterocycles. The minimum Gasteiger partial charge on any atom is -0.324 e. The summed E-state index contributed by atoms with van der Waals surface area (Å²) in [4.78, 5) is 24.9. The predicted octanol–water partition coefficient (Wildman–Crippen LogP) is 2.77. The third-order valence-corrected chi connectivity index (χ3v) is 5.81. The first kappa shape index (κ1) is 19.9. The quantitative estimate of drug-likeness (QED) is 0.840. The van der Waals surface area contributed by atoms with Gasteiger partial charge in [0.1, 0.15) is 11.8 Å². The topological polar surface area (TPSA) is 83.6 Å². The van der Waals surface area contributed by atoms with Gasteiger partial charge in [0.2, 0.25) is 11.8 Å². The number of carbonyl (C=O) groups is 2. The van der Waals surface area contributed by atoms with Crippen molar-refractivity contribution in [2.24, 2.45) is 0 Å². The Balaban J connectivity index is 2.05. The highest BCUT2D eigenvalue weighted by molar-refractivity contribution is 7.92. The number of hydrogen-bond acceptors (Lipinski definition) is 4. The third kappa shape index (κ3) is 4.01. The monoisotopic (exact) mass is 412 g/mol. The Bertz CT molecular complexity index is 1010. The first-order valence-electron chi connectivity index (χ1n) is 8.15. The van der Waals surface area contributed by atoms with E-state index in [0.717, 1.165) is 0 Å². The van der Waals surface area contributed by atoms with Gasteiger partial charge in [-0.2, -0.15) is 13.2 Å². The molecule has 1 aliphatic rings. The van der Waals surface area contributed by atoms with Gasteiger partial charge in [0.25, 0.3) is 0 Å². The number of anilines is 2. The zero-order chi connectivity index (χ0) is 20.5. The van der Waals surface area contributed by atoms with Crippen LogP contribution in [0, 0.1) is 0 Å². The van der Waals surface area contributed by atoms with E-state index in [2.05, 4.69) is 5.32 Å². The summed E-state index contributed by atoms with van der Waals surface area (Å²) >= 11 is 0. The van der Waals surface area contributed by atoms with Crippen molar-refractivity contribution in [3.63, 3.8) is 0 Å². The van der Waals surface area contributed by atoms with Crippen LogP contribution in [0.25, 0.3) is 0 Å². The average Bonchev–Trinajstić information content (AvgIpc) is 2.77. The molecule has 6 nitrogen and oxygen atoms in total. The molecule has 0 radical (unpaired) electrons. The smallest absolute Gasteiger partial charge is 0.324 e. The van der Waals surface area contributed by atoms with Gasteiger partial charge < -0.3 is 5.32 Å². The molecule has 28 heavy (non-hydrogen) atoms. The number of fused-ring (bicyclic) bond motifs is 1. The van der Waals surface area contributed by atoms with Crippen LogP contribution in [0.15, 0.2) is 59.5 Å². The van der Waals surface area contributed by atoms with Crippen LogP contribution in [0.2, 0.25) is 0 Å². The maximum absolute atomic E-state index is 13.6. The molecule has 10 heteroatoms. The number of nitrogens with zero attached hydrogens (tertiary/aromatic N) is 1. The van der Waals surface area contributed by atoms with E-state index in [1.54, 1.807) is 6.07 Å². The van der Waals surface area contributed by atoms with E-state index in [1.165, 1.54) is 48.5 Å². The van der Waals surface area contributed by atoms with Crippen LogP contribution in [0.5, 0.6) is 0 Å². The Hall–Kier alpha value is -2.88. The molecule has 1 unspecified atom stereocenters. The summed E-state index contributed by atoms with van der Waals surface area (Å²) in [5, 5.41) is 2.32. The molecule has 148 valence electrons. The fraction of sp³-hybridized carbons (Fsp3) is 0.222. The fourth-order valence-electron chi connectivity index (χ4n) is 2.94. The molecular formula is C18H15F3N2O4S. The Kier molecular flexibility index (Phi) is 5.16. The number of rotatable bonds is 3. The standard InChI is InChI=1S/C18H15F3N2O4S/c19-18(20,21)15-10-16(24)22-13-8-4-5-9-14(13)23(15)17(25)11-28(26,27)12-6-2-1-3-7-12/h1-9,15H,10-11H2,(H,22,24).